The first-order valence-corrected chi connectivity index (χ1v) is 10.3. The molecule has 0 saturated heterocycles. The van der Waals surface area contributed by atoms with Crippen molar-refractivity contribution in [1.29, 1.82) is 0 Å². The second-order valence-electron chi connectivity index (χ2n) is 6.08. The predicted octanol–water partition coefficient (Wildman–Crippen LogP) is -1.82. The number of rotatable bonds is 9. The minimum Gasteiger partial charge on any atom is -1.00 e. The fraction of sp³-hybridized carbons (Fsp3) is 0.353. The molecule has 0 saturated carbocycles. The van der Waals surface area contributed by atoms with Crippen LogP contribution < -0.4 is 64.0 Å². The van der Waals surface area contributed by atoms with Gasteiger partial charge in [-0.15, -0.1) is 10.2 Å². The van der Waals surface area contributed by atoms with E-state index < -0.39 is 20.4 Å². The van der Waals surface area contributed by atoms with Crippen LogP contribution in [0.5, 0.6) is 5.75 Å². The Kier molecular flexibility index (Phi) is 12.9. The molecule has 11 nitrogen and oxygen atoms in total. The quantitative estimate of drug-likeness (QED) is 0.142. The maximum absolute atomic E-state index is 11.7. The number of pyridine rings is 1. The average molecular weight is 471 g/mol. The van der Waals surface area contributed by atoms with Gasteiger partial charge in [-0.2, -0.15) is 8.42 Å². The van der Waals surface area contributed by atoms with E-state index in [2.05, 4.69) is 15.2 Å². The number of azo groups is 1. The van der Waals surface area contributed by atoms with Crippen LogP contribution in [-0.2, 0) is 10.1 Å². The van der Waals surface area contributed by atoms with Gasteiger partial charge in [0, 0.05) is 24.4 Å². The Hall–Kier alpha value is -1.12. The van der Waals surface area contributed by atoms with Gasteiger partial charge in [-0.05, 0) is 31.0 Å². The first-order valence-electron chi connectivity index (χ1n) is 8.75. The van der Waals surface area contributed by atoms with Crippen molar-refractivity contribution < 1.29 is 85.0 Å². The molecular weight excluding hydrogens is 448 g/mol. The zero-order valence-electron chi connectivity index (χ0n) is 19.8. The van der Waals surface area contributed by atoms with E-state index in [1.165, 1.54) is 29.2 Å². The largest absolute Gasteiger partial charge is 1.00 e. The van der Waals surface area contributed by atoms with Crippen molar-refractivity contribution in [3.63, 3.8) is 0 Å². The van der Waals surface area contributed by atoms with Gasteiger partial charge in [0.15, 0.2) is 11.2 Å². The van der Waals surface area contributed by atoms with Crippen LogP contribution >= 0.6 is 0 Å². The third-order valence-corrected chi connectivity index (χ3v) is 5.27. The minimum absolute atomic E-state index is 0. The molecule has 0 aliphatic carbocycles. The minimum atomic E-state index is -4.32. The second kappa shape index (κ2) is 13.4. The van der Waals surface area contributed by atoms with E-state index in [-0.39, 0.29) is 91.3 Å². The van der Waals surface area contributed by atoms with E-state index in [0.29, 0.717) is 18.7 Å². The maximum Gasteiger partial charge on any atom is 1.00 e. The van der Waals surface area contributed by atoms with Crippen LogP contribution in [0, 0.1) is 10.1 Å². The SMILES string of the molecule is CCCN(c1ccc(N=Nc2ccc([N+](=O)[O-])cn2)c(O)c1)C(CC)S(=O)(=O)O.[H-].[H-].[Na+].[Na+]. The third-order valence-electron chi connectivity index (χ3n) is 4.00. The van der Waals surface area contributed by atoms with Gasteiger partial charge >= 0.3 is 59.1 Å². The summed E-state index contributed by atoms with van der Waals surface area (Å²) < 4.78 is 32.9. The number of nitro groups is 1. The van der Waals surface area contributed by atoms with Crippen LogP contribution in [0.4, 0.5) is 22.9 Å². The standard InChI is InChI=1S/C17H21N5O6S.2Na.2H/c1-3-9-21(17(4-2)29(26,27)28)12-5-7-14(15(23)10-12)19-20-16-8-6-13(11-18-16)22(24)25;;;;/h5-8,10-11,17,23H,3-4,9H2,1-2H3,(H,26,27,28);;;;/q;2*+1;2*-1. The molecule has 1 heterocycles. The Labute approximate surface area is 227 Å². The molecule has 0 fully saturated rings. The van der Waals surface area contributed by atoms with Gasteiger partial charge in [-0.1, -0.05) is 13.8 Å². The van der Waals surface area contributed by atoms with Crippen LogP contribution in [0.25, 0.3) is 0 Å². The second-order valence-corrected chi connectivity index (χ2v) is 7.65. The molecule has 160 valence electrons. The number of hydrogen-bond donors (Lipinski definition) is 2. The molecule has 1 unspecified atom stereocenters. The Bertz CT molecular complexity index is 1020. The van der Waals surface area contributed by atoms with E-state index in [0.717, 1.165) is 6.20 Å². The van der Waals surface area contributed by atoms with Crippen LogP contribution in [0.2, 0.25) is 0 Å². The average Bonchev–Trinajstić information content (AvgIpc) is 2.66. The number of phenols is 1. The number of phenolic OH excluding ortho intramolecular Hbond substituents is 1. The molecule has 0 amide bonds. The number of anilines is 1. The Morgan fingerprint density at radius 3 is 2.35 bits per heavy atom. The molecule has 2 rings (SSSR count). The molecule has 0 aliphatic heterocycles. The molecule has 0 radical (unpaired) electrons. The molecule has 1 aromatic heterocycles. The number of aromatic hydroxyl groups is 1. The normalized spacial score (nSPS) is 12.0. The van der Waals surface area contributed by atoms with Gasteiger partial charge in [-0.25, -0.2) is 4.98 Å². The monoisotopic (exact) mass is 471 g/mol. The van der Waals surface area contributed by atoms with E-state index in [1.807, 2.05) is 6.92 Å². The summed E-state index contributed by atoms with van der Waals surface area (Å²) in [7, 11) is -4.32. The summed E-state index contributed by atoms with van der Waals surface area (Å²) >= 11 is 0. The topological polar surface area (TPSA) is 159 Å². The van der Waals surface area contributed by atoms with Gasteiger partial charge in [0.05, 0.1) is 4.92 Å². The first-order chi connectivity index (χ1) is 13.7. The number of nitrogens with zero attached hydrogens (tertiary/aromatic N) is 5. The molecule has 1 aromatic carbocycles. The van der Waals surface area contributed by atoms with Crippen LogP contribution in [0.15, 0.2) is 46.8 Å². The summed E-state index contributed by atoms with van der Waals surface area (Å²) in [6.45, 7) is 3.86. The molecule has 1 atom stereocenters. The number of benzene rings is 1. The summed E-state index contributed by atoms with van der Waals surface area (Å²) in [5.41, 5.74) is 0.322. The summed E-state index contributed by atoms with van der Waals surface area (Å²) in [5, 5.41) is 27.4. The van der Waals surface area contributed by atoms with Crippen LogP contribution in [0.3, 0.4) is 0 Å². The van der Waals surface area contributed by atoms with Gasteiger partial charge in [-0.3, -0.25) is 14.7 Å². The van der Waals surface area contributed by atoms with Gasteiger partial charge in [0.2, 0.25) is 0 Å². The van der Waals surface area contributed by atoms with E-state index in [9.17, 15) is 28.2 Å². The molecule has 14 heteroatoms. The van der Waals surface area contributed by atoms with Gasteiger partial charge < -0.3 is 12.9 Å². The van der Waals surface area contributed by atoms with Crippen molar-refractivity contribution in [2.45, 2.75) is 32.1 Å². The van der Waals surface area contributed by atoms with Gasteiger partial charge in [0.25, 0.3) is 15.8 Å². The van der Waals surface area contributed by atoms with Crippen molar-refractivity contribution >= 4 is 33.0 Å². The van der Waals surface area contributed by atoms with Crippen molar-refractivity contribution in [1.82, 2.24) is 4.98 Å². The summed E-state index contributed by atoms with van der Waals surface area (Å²) in [6, 6.07) is 6.88. The fourth-order valence-electron chi connectivity index (χ4n) is 2.70. The fourth-order valence-corrected chi connectivity index (χ4v) is 3.67. The first kappa shape index (κ1) is 29.9. The molecule has 0 aliphatic rings. The van der Waals surface area contributed by atoms with Crippen molar-refractivity contribution in [3.8, 4) is 5.75 Å². The van der Waals surface area contributed by atoms with Crippen molar-refractivity contribution in [3.05, 3.63) is 46.6 Å². The maximum atomic E-state index is 11.7. The Balaban J connectivity index is -0.00000225. The van der Waals surface area contributed by atoms with Crippen molar-refractivity contribution in [2.24, 2.45) is 10.2 Å². The Morgan fingerprint density at radius 2 is 1.90 bits per heavy atom. The summed E-state index contributed by atoms with van der Waals surface area (Å²) in [4.78, 5) is 15.3. The Morgan fingerprint density at radius 1 is 1.23 bits per heavy atom. The molecule has 2 aromatic rings. The summed E-state index contributed by atoms with van der Waals surface area (Å²) in [5.74, 6) is -0.136. The zero-order chi connectivity index (χ0) is 21.6. The van der Waals surface area contributed by atoms with Crippen LogP contribution in [0.1, 0.15) is 29.5 Å². The molecule has 0 spiro atoms. The van der Waals surface area contributed by atoms with E-state index in [4.69, 9.17) is 0 Å². The zero-order valence-corrected chi connectivity index (χ0v) is 22.7. The van der Waals surface area contributed by atoms with Gasteiger partial charge in [0.1, 0.15) is 17.6 Å². The molecule has 0 bridgehead atoms. The third kappa shape index (κ3) is 8.39. The molecular formula is C17H23N5Na2O6S. The molecule has 31 heavy (non-hydrogen) atoms. The van der Waals surface area contributed by atoms with Crippen LogP contribution in [-0.4, -0.2) is 39.9 Å². The van der Waals surface area contributed by atoms with E-state index in [1.54, 1.807) is 13.0 Å². The number of aromatic nitrogens is 1. The smallest absolute Gasteiger partial charge is 1.00 e. The van der Waals surface area contributed by atoms with E-state index >= 15 is 0 Å². The van der Waals surface area contributed by atoms with Crippen molar-refractivity contribution in [2.75, 3.05) is 11.4 Å². The predicted molar refractivity (Wildman–Crippen MR) is 109 cm³/mol. The number of hydrogen-bond acceptors (Lipinski definition) is 9. The molecule has 2 N–H and O–H groups in total. The summed E-state index contributed by atoms with van der Waals surface area (Å²) in [6.07, 6.45) is 1.83.